The van der Waals surface area contributed by atoms with Crippen LogP contribution in [0.5, 0.6) is 0 Å². The van der Waals surface area contributed by atoms with E-state index >= 15 is 0 Å². The van der Waals surface area contributed by atoms with E-state index in [1.807, 2.05) is 0 Å². The Balaban J connectivity index is 1.44. The van der Waals surface area contributed by atoms with Gasteiger partial charge < -0.3 is 10.2 Å². The molecule has 0 aromatic carbocycles. The molecule has 0 spiro atoms. The van der Waals surface area contributed by atoms with Crippen molar-refractivity contribution in [2.75, 3.05) is 0 Å². The highest BCUT2D eigenvalue weighted by molar-refractivity contribution is 5.20. The molecule has 5 aliphatic rings. The Bertz CT molecular complexity index is 847. The molecule has 0 amide bonds. The highest BCUT2D eigenvalue weighted by Crippen LogP contribution is 2.76. The summed E-state index contributed by atoms with van der Waals surface area (Å²) in [6, 6.07) is 0. The van der Waals surface area contributed by atoms with Crippen LogP contribution in [0.1, 0.15) is 126 Å². The Hall–Kier alpha value is -0.340. The van der Waals surface area contributed by atoms with Gasteiger partial charge in [-0.15, -0.1) is 0 Å². The maximum atomic E-state index is 11.9. The van der Waals surface area contributed by atoms with Crippen LogP contribution < -0.4 is 0 Å². The van der Waals surface area contributed by atoms with E-state index in [9.17, 15) is 10.2 Å². The maximum Gasteiger partial charge on any atom is 0.0654 e. The minimum absolute atomic E-state index is 0.117. The van der Waals surface area contributed by atoms with E-state index < -0.39 is 5.60 Å². The summed E-state index contributed by atoms with van der Waals surface area (Å²) in [7, 11) is 0. The lowest BCUT2D eigenvalue weighted by Gasteiger charge is -2.71. The predicted molar refractivity (Wildman–Crippen MR) is 146 cm³/mol. The van der Waals surface area contributed by atoms with Gasteiger partial charge in [0.15, 0.2) is 0 Å². The smallest absolute Gasteiger partial charge is 0.0654 e. The average Bonchev–Trinajstić information content (AvgIpc) is 3.49. The van der Waals surface area contributed by atoms with Gasteiger partial charge in [-0.05, 0) is 149 Å². The molecule has 0 aromatic heterocycles. The molecule has 5 saturated carbocycles. The zero-order valence-electron chi connectivity index (χ0n) is 24.3. The van der Waals surface area contributed by atoms with Crippen LogP contribution in [-0.4, -0.2) is 21.9 Å². The van der Waals surface area contributed by atoms with Gasteiger partial charge in [0.1, 0.15) is 0 Å². The van der Waals surface area contributed by atoms with E-state index in [1.54, 1.807) is 0 Å². The molecule has 200 valence electrons. The van der Waals surface area contributed by atoms with Crippen LogP contribution >= 0.6 is 0 Å². The molecule has 0 heterocycles. The standard InChI is InChI=1S/C33H56O2/c1-21(2)10-9-16-33(8,35)24-14-18-32(7)28(24)25(34)20-27-30(5)17-13-23(22-11-12-22)29(3,4)26(30)15-19-31(27,32)6/h10,22-28,34-35H,9,11-20H2,1-8H3. The molecule has 2 heteroatoms. The largest absolute Gasteiger partial charge is 0.393 e. The van der Waals surface area contributed by atoms with Crippen LogP contribution in [0.4, 0.5) is 0 Å². The summed E-state index contributed by atoms with van der Waals surface area (Å²) in [5, 5.41) is 23.6. The summed E-state index contributed by atoms with van der Waals surface area (Å²) in [5.41, 5.74) is 1.76. The zero-order chi connectivity index (χ0) is 25.6. The quantitative estimate of drug-likeness (QED) is 0.386. The Morgan fingerprint density at radius 3 is 2.17 bits per heavy atom. The predicted octanol–water partition coefficient (Wildman–Crippen LogP) is 8.17. The number of aliphatic hydroxyl groups excluding tert-OH is 1. The minimum atomic E-state index is -0.704. The topological polar surface area (TPSA) is 40.5 Å². The number of aliphatic hydroxyl groups is 2. The highest BCUT2D eigenvalue weighted by Gasteiger charge is 2.71. The molecule has 5 fully saturated rings. The summed E-state index contributed by atoms with van der Waals surface area (Å²) in [5.74, 6) is 3.71. The molecule has 0 saturated heterocycles. The molecule has 10 unspecified atom stereocenters. The first-order valence-corrected chi connectivity index (χ1v) is 15.2. The fourth-order valence-electron chi connectivity index (χ4n) is 11.7. The van der Waals surface area contributed by atoms with Crippen molar-refractivity contribution in [2.45, 2.75) is 138 Å². The van der Waals surface area contributed by atoms with E-state index in [0.29, 0.717) is 16.7 Å². The lowest BCUT2D eigenvalue weighted by atomic mass is 9.34. The summed E-state index contributed by atoms with van der Waals surface area (Å²) < 4.78 is 0. The van der Waals surface area contributed by atoms with Crippen LogP contribution in [0.25, 0.3) is 0 Å². The third-order valence-corrected chi connectivity index (χ3v) is 13.7. The Labute approximate surface area is 216 Å². The molecule has 2 N–H and O–H groups in total. The van der Waals surface area contributed by atoms with Gasteiger partial charge in [0.25, 0.3) is 0 Å². The first-order valence-electron chi connectivity index (χ1n) is 15.2. The zero-order valence-corrected chi connectivity index (χ0v) is 24.3. The SMILES string of the molecule is CC(C)=CCCC(C)(O)C1CCC2(C)C1C(O)CC1C3(C)CCC(C4CC4)C(C)(C)C3CCC12C. The molecule has 5 rings (SSSR count). The monoisotopic (exact) mass is 484 g/mol. The van der Waals surface area contributed by atoms with E-state index in [0.717, 1.165) is 43.4 Å². The van der Waals surface area contributed by atoms with E-state index in [2.05, 4.69) is 61.5 Å². The number of allylic oxidation sites excluding steroid dienone is 2. The van der Waals surface area contributed by atoms with Crippen molar-refractivity contribution in [1.82, 2.24) is 0 Å². The Morgan fingerprint density at radius 2 is 1.54 bits per heavy atom. The third kappa shape index (κ3) is 3.77. The molecule has 0 aromatic rings. The van der Waals surface area contributed by atoms with Crippen molar-refractivity contribution >= 4 is 0 Å². The van der Waals surface area contributed by atoms with Crippen LogP contribution in [0.15, 0.2) is 11.6 Å². The van der Waals surface area contributed by atoms with Gasteiger partial charge in [0, 0.05) is 0 Å². The van der Waals surface area contributed by atoms with Crippen LogP contribution in [-0.2, 0) is 0 Å². The number of fused-ring (bicyclic) bond motifs is 5. The lowest BCUT2D eigenvalue weighted by Crippen LogP contribution is -2.66. The van der Waals surface area contributed by atoms with Gasteiger partial charge in [0.05, 0.1) is 11.7 Å². The van der Waals surface area contributed by atoms with Crippen molar-refractivity contribution in [3.63, 3.8) is 0 Å². The molecule has 0 aliphatic heterocycles. The number of hydrogen-bond acceptors (Lipinski definition) is 2. The van der Waals surface area contributed by atoms with E-state index in [4.69, 9.17) is 0 Å². The highest BCUT2D eigenvalue weighted by atomic mass is 16.3. The van der Waals surface area contributed by atoms with Crippen molar-refractivity contribution in [3.05, 3.63) is 11.6 Å². The number of hydrogen-bond donors (Lipinski definition) is 2. The Morgan fingerprint density at radius 1 is 0.886 bits per heavy atom. The van der Waals surface area contributed by atoms with Gasteiger partial charge in [-0.1, -0.05) is 46.3 Å². The minimum Gasteiger partial charge on any atom is -0.393 e. The maximum absolute atomic E-state index is 11.9. The fraction of sp³-hybridized carbons (Fsp3) is 0.939. The van der Waals surface area contributed by atoms with Crippen LogP contribution in [0, 0.1) is 57.2 Å². The molecule has 0 radical (unpaired) electrons. The molecular weight excluding hydrogens is 428 g/mol. The van der Waals surface area contributed by atoms with Gasteiger partial charge in [-0.2, -0.15) is 0 Å². The Kier molecular flexibility index (Phi) is 6.25. The van der Waals surface area contributed by atoms with Gasteiger partial charge in [-0.25, -0.2) is 0 Å². The second kappa shape index (κ2) is 8.33. The summed E-state index contributed by atoms with van der Waals surface area (Å²) in [4.78, 5) is 0. The molecule has 2 nitrogen and oxygen atoms in total. The van der Waals surface area contributed by atoms with Gasteiger partial charge >= 0.3 is 0 Å². The molecule has 5 aliphatic carbocycles. The summed E-state index contributed by atoms with van der Waals surface area (Å²) in [6.07, 6.45) is 15.3. The van der Waals surface area contributed by atoms with Gasteiger partial charge in [-0.3, -0.25) is 0 Å². The summed E-state index contributed by atoms with van der Waals surface area (Å²) >= 11 is 0. The first kappa shape index (κ1) is 26.3. The average molecular weight is 485 g/mol. The molecular formula is C33H56O2. The molecule has 35 heavy (non-hydrogen) atoms. The fourth-order valence-corrected chi connectivity index (χ4v) is 11.7. The van der Waals surface area contributed by atoms with Crippen molar-refractivity contribution < 1.29 is 10.2 Å². The summed E-state index contributed by atoms with van der Waals surface area (Å²) in [6.45, 7) is 19.4. The van der Waals surface area contributed by atoms with Crippen molar-refractivity contribution in [3.8, 4) is 0 Å². The van der Waals surface area contributed by atoms with E-state index in [1.165, 1.54) is 50.5 Å². The first-order chi connectivity index (χ1) is 16.2. The van der Waals surface area contributed by atoms with Gasteiger partial charge in [0.2, 0.25) is 0 Å². The second-order valence-electron chi connectivity index (χ2n) is 15.9. The van der Waals surface area contributed by atoms with Crippen LogP contribution in [0.3, 0.4) is 0 Å². The lowest BCUT2D eigenvalue weighted by molar-refractivity contribution is -0.242. The van der Waals surface area contributed by atoms with Crippen molar-refractivity contribution in [2.24, 2.45) is 57.2 Å². The second-order valence-corrected chi connectivity index (χ2v) is 15.9. The number of rotatable bonds is 5. The normalized spacial score (nSPS) is 50.5. The van der Waals surface area contributed by atoms with E-state index in [-0.39, 0.29) is 28.8 Å². The van der Waals surface area contributed by atoms with Crippen molar-refractivity contribution in [1.29, 1.82) is 0 Å². The third-order valence-electron chi connectivity index (χ3n) is 13.7. The molecule has 10 atom stereocenters. The van der Waals surface area contributed by atoms with Crippen LogP contribution in [0.2, 0.25) is 0 Å². The molecule has 0 bridgehead atoms.